The van der Waals surface area contributed by atoms with E-state index in [1.54, 1.807) is 0 Å². The number of fused-ring (bicyclic) bond motifs is 3. The minimum atomic E-state index is 0.748. The van der Waals surface area contributed by atoms with Crippen LogP contribution in [-0.2, 0) is 0 Å². The van der Waals surface area contributed by atoms with Crippen molar-refractivity contribution in [2.45, 2.75) is 0 Å². The van der Waals surface area contributed by atoms with Crippen LogP contribution in [0, 0.1) is 0 Å². The van der Waals surface area contributed by atoms with Gasteiger partial charge >= 0.3 is 0 Å². The predicted molar refractivity (Wildman–Crippen MR) is 131 cm³/mol. The molecule has 0 aliphatic rings. The smallest absolute Gasteiger partial charge is 0.159 e. The second-order valence-electron chi connectivity index (χ2n) is 7.52. The molecule has 6 aromatic rings. The molecule has 0 spiro atoms. The SMILES string of the molecule is c1ccc(-c2nccc(-c3ccc(-c4ccc5c(c4)sc4ccccc45)cc3)n2)cc1. The molecule has 0 bridgehead atoms. The summed E-state index contributed by atoms with van der Waals surface area (Å²) in [5.74, 6) is 0.748. The lowest BCUT2D eigenvalue weighted by molar-refractivity contribution is 1.18. The van der Waals surface area contributed by atoms with Crippen molar-refractivity contribution < 1.29 is 0 Å². The Labute approximate surface area is 184 Å². The van der Waals surface area contributed by atoms with Crippen molar-refractivity contribution in [1.82, 2.24) is 9.97 Å². The van der Waals surface area contributed by atoms with Crippen molar-refractivity contribution in [2.75, 3.05) is 0 Å². The van der Waals surface area contributed by atoms with Crippen molar-refractivity contribution >= 4 is 31.5 Å². The number of hydrogen-bond donors (Lipinski definition) is 0. The lowest BCUT2D eigenvalue weighted by Gasteiger charge is -2.06. The highest BCUT2D eigenvalue weighted by Gasteiger charge is 2.08. The van der Waals surface area contributed by atoms with Crippen LogP contribution in [0.2, 0.25) is 0 Å². The third-order valence-electron chi connectivity index (χ3n) is 5.58. The number of aromatic nitrogens is 2. The van der Waals surface area contributed by atoms with E-state index in [-0.39, 0.29) is 0 Å². The highest BCUT2D eigenvalue weighted by Crippen LogP contribution is 2.36. The minimum absolute atomic E-state index is 0.748. The van der Waals surface area contributed by atoms with Crippen LogP contribution in [0.4, 0.5) is 0 Å². The fourth-order valence-corrected chi connectivity index (χ4v) is 5.13. The van der Waals surface area contributed by atoms with Gasteiger partial charge in [0.05, 0.1) is 5.69 Å². The summed E-state index contributed by atoms with van der Waals surface area (Å²) in [4.78, 5) is 9.21. The molecule has 4 aromatic carbocycles. The number of benzene rings is 4. The molecular formula is C28H18N2S. The molecule has 3 heteroatoms. The fraction of sp³-hybridized carbons (Fsp3) is 0. The summed E-state index contributed by atoms with van der Waals surface area (Å²) in [6, 6.07) is 36.0. The summed E-state index contributed by atoms with van der Waals surface area (Å²) in [6.45, 7) is 0. The molecule has 0 fully saturated rings. The Kier molecular flexibility index (Phi) is 4.33. The number of hydrogen-bond acceptors (Lipinski definition) is 3. The lowest BCUT2D eigenvalue weighted by atomic mass is 10.0. The molecule has 0 saturated heterocycles. The van der Waals surface area contributed by atoms with Gasteiger partial charge in [-0.1, -0.05) is 84.9 Å². The summed E-state index contributed by atoms with van der Waals surface area (Å²) in [5.41, 5.74) is 5.49. The van der Waals surface area contributed by atoms with Crippen molar-refractivity contribution in [1.29, 1.82) is 0 Å². The second-order valence-corrected chi connectivity index (χ2v) is 8.60. The predicted octanol–water partition coefficient (Wildman–Crippen LogP) is 7.85. The van der Waals surface area contributed by atoms with Gasteiger partial charge in [-0.2, -0.15) is 0 Å². The highest BCUT2D eigenvalue weighted by atomic mass is 32.1. The number of rotatable bonds is 3. The molecule has 0 atom stereocenters. The first-order chi connectivity index (χ1) is 15.3. The van der Waals surface area contributed by atoms with Gasteiger partial charge in [-0.3, -0.25) is 0 Å². The Hall–Kier alpha value is -3.82. The van der Waals surface area contributed by atoms with Crippen LogP contribution in [0.1, 0.15) is 0 Å². The molecule has 0 unspecified atom stereocenters. The Morgan fingerprint density at radius 2 is 1.23 bits per heavy atom. The van der Waals surface area contributed by atoms with E-state index in [2.05, 4.69) is 71.7 Å². The van der Waals surface area contributed by atoms with Gasteiger partial charge < -0.3 is 0 Å². The van der Waals surface area contributed by atoms with Gasteiger partial charge in [0.1, 0.15) is 0 Å². The van der Waals surface area contributed by atoms with E-state index < -0.39 is 0 Å². The average Bonchev–Trinajstić information content (AvgIpc) is 3.23. The molecule has 0 saturated carbocycles. The zero-order valence-electron chi connectivity index (χ0n) is 16.7. The molecule has 6 rings (SSSR count). The van der Waals surface area contributed by atoms with E-state index in [4.69, 9.17) is 4.98 Å². The molecule has 2 aromatic heterocycles. The van der Waals surface area contributed by atoms with Crippen molar-refractivity contribution in [3.05, 3.63) is 109 Å². The average molecular weight is 415 g/mol. The molecular weight excluding hydrogens is 396 g/mol. The zero-order chi connectivity index (χ0) is 20.6. The molecule has 31 heavy (non-hydrogen) atoms. The maximum Gasteiger partial charge on any atom is 0.159 e. The normalized spacial score (nSPS) is 11.2. The van der Waals surface area contributed by atoms with Gasteiger partial charge in [0.15, 0.2) is 5.82 Å². The number of thiophene rings is 1. The molecule has 146 valence electrons. The first-order valence-corrected chi connectivity index (χ1v) is 11.1. The highest BCUT2D eigenvalue weighted by molar-refractivity contribution is 7.25. The van der Waals surface area contributed by atoms with Gasteiger partial charge in [0.2, 0.25) is 0 Å². The van der Waals surface area contributed by atoms with Crippen LogP contribution in [0.3, 0.4) is 0 Å². The maximum absolute atomic E-state index is 4.77. The van der Waals surface area contributed by atoms with E-state index in [0.717, 1.165) is 22.6 Å². The quantitative estimate of drug-likeness (QED) is 0.295. The Morgan fingerprint density at radius 3 is 2.10 bits per heavy atom. The molecule has 2 heterocycles. The van der Waals surface area contributed by atoms with E-state index in [0.29, 0.717) is 0 Å². The molecule has 0 N–H and O–H groups in total. The zero-order valence-corrected chi connectivity index (χ0v) is 17.5. The van der Waals surface area contributed by atoms with E-state index in [9.17, 15) is 0 Å². The summed E-state index contributed by atoms with van der Waals surface area (Å²) in [6.07, 6.45) is 1.83. The molecule has 0 amide bonds. The maximum atomic E-state index is 4.77. The molecule has 2 nitrogen and oxygen atoms in total. The lowest BCUT2D eigenvalue weighted by Crippen LogP contribution is -1.91. The second kappa shape index (κ2) is 7.46. The third kappa shape index (κ3) is 3.29. The van der Waals surface area contributed by atoms with Crippen LogP contribution in [-0.4, -0.2) is 9.97 Å². The van der Waals surface area contributed by atoms with Gasteiger partial charge in [0.25, 0.3) is 0 Å². The third-order valence-corrected chi connectivity index (χ3v) is 6.71. The van der Waals surface area contributed by atoms with Gasteiger partial charge in [-0.05, 0) is 29.3 Å². The van der Waals surface area contributed by atoms with Gasteiger partial charge in [-0.25, -0.2) is 9.97 Å². The van der Waals surface area contributed by atoms with Gasteiger partial charge in [0, 0.05) is 37.5 Å². The molecule has 0 aliphatic carbocycles. The van der Waals surface area contributed by atoms with Crippen LogP contribution >= 0.6 is 11.3 Å². The van der Waals surface area contributed by atoms with E-state index in [1.165, 1.54) is 31.3 Å². The van der Waals surface area contributed by atoms with Crippen molar-refractivity contribution in [3.63, 3.8) is 0 Å². The van der Waals surface area contributed by atoms with Crippen LogP contribution in [0.5, 0.6) is 0 Å². The Morgan fingerprint density at radius 1 is 0.516 bits per heavy atom. The Bertz CT molecular complexity index is 1520. The monoisotopic (exact) mass is 414 g/mol. The molecule has 0 radical (unpaired) electrons. The summed E-state index contributed by atoms with van der Waals surface area (Å²) in [7, 11) is 0. The summed E-state index contributed by atoms with van der Waals surface area (Å²) in [5, 5.41) is 2.66. The van der Waals surface area contributed by atoms with Crippen LogP contribution in [0.25, 0.3) is 53.9 Å². The summed E-state index contributed by atoms with van der Waals surface area (Å²) >= 11 is 1.85. The fourth-order valence-electron chi connectivity index (χ4n) is 3.98. The summed E-state index contributed by atoms with van der Waals surface area (Å²) < 4.78 is 2.66. The van der Waals surface area contributed by atoms with Crippen molar-refractivity contribution in [2.24, 2.45) is 0 Å². The van der Waals surface area contributed by atoms with Crippen molar-refractivity contribution in [3.8, 4) is 33.8 Å². The first-order valence-electron chi connectivity index (χ1n) is 10.3. The Balaban J connectivity index is 1.35. The molecule has 0 aliphatic heterocycles. The first kappa shape index (κ1) is 18.0. The number of nitrogens with zero attached hydrogens (tertiary/aromatic N) is 2. The largest absolute Gasteiger partial charge is 0.237 e. The topological polar surface area (TPSA) is 25.8 Å². The van der Waals surface area contributed by atoms with Crippen LogP contribution in [0.15, 0.2) is 109 Å². The van der Waals surface area contributed by atoms with E-state index >= 15 is 0 Å². The van der Waals surface area contributed by atoms with Gasteiger partial charge in [-0.15, -0.1) is 11.3 Å². The minimum Gasteiger partial charge on any atom is -0.237 e. The standard InChI is InChI=1S/C28H18N2S/c1-2-6-21(7-3-1)28-29-17-16-25(30-28)20-12-10-19(11-13-20)22-14-15-24-23-8-4-5-9-26(23)31-27(24)18-22/h1-18H. The van der Waals surface area contributed by atoms with Crippen LogP contribution < -0.4 is 0 Å². The van der Waals surface area contributed by atoms with E-state index in [1.807, 2.05) is 53.9 Å².